The van der Waals surface area contributed by atoms with Crippen LogP contribution in [0, 0.1) is 5.92 Å². The van der Waals surface area contributed by atoms with Crippen molar-refractivity contribution >= 4 is 9.84 Å². The SMILES string of the molecule is CCN(CCN1CCCC1)Cc1cnc(S(=O)(=O)CC(C)C)n1Cc1ccccc1. The van der Waals surface area contributed by atoms with Crippen molar-refractivity contribution in [3.05, 3.63) is 47.8 Å². The number of hydrogen-bond donors (Lipinski definition) is 0. The molecule has 0 N–H and O–H groups in total. The van der Waals surface area contributed by atoms with Crippen LogP contribution in [0.1, 0.15) is 44.9 Å². The van der Waals surface area contributed by atoms with Crippen LogP contribution in [-0.2, 0) is 22.9 Å². The summed E-state index contributed by atoms with van der Waals surface area (Å²) >= 11 is 0. The number of likely N-dealkylation sites (tertiary alicyclic amines) is 1. The van der Waals surface area contributed by atoms with Crippen molar-refractivity contribution in [3.63, 3.8) is 0 Å². The predicted molar refractivity (Wildman–Crippen MR) is 121 cm³/mol. The van der Waals surface area contributed by atoms with Crippen molar-refractivity contribution < 1.29 is 8.42 Å². The van der Waals surface area contributed by atoms with E-state index in [1.807, 2.05) is 48.7 Å². The van der Waals surface area contributed by atoms with Gasteiger partial charge in [0, 0.05) is 19.6 Å². The lowest BCUT2D eigenvalue weighted by Crippen LogP contribution is -2.34. The fourth-order valence-electron chi connectivity index (χ4n) is 4.08. The van der Waals surface area contributed by atoms with Gasteiger partial charge in [0.2, 0.25) is 15.0 Å². The van der Waals surface area contributed by atoms with E-state index in [1.54, 1.807) is 6.20 Å². The van der Waals surface area contributed by atoms with E-state index in [0.29, 0.717) is 13.1 Å². The first kappa shape index (κ1) is 23.0. The van der Waals surface area contributed by atoms with Crippen molar-refractivity contribution in [2.45, 2.75) is 51.9 Å². The van der Waals surface area contributed by atoms with Crippen LogP contribution in [0.5, 0.6) is 0 Å². The Morgan fingerprint density at radius 2 is 1.83 bits per heavy atom. The maximum atomic E-state index is 13.0. The van der Waals surface area contributed by atoms with Gasteiger partial charge in [-0.2, -0.15) is 0 Å². The first-order chi connectivity index (χ1) is 14.4. The molecular formula is C23H36N4O2S. The van der Waals surface area contributed by atoms with Crippen LogP contribution in [0.2, 0.25) is 0 Å². The summed E-state index contributed by atoms with van der Waals surface area (Å²) in [6, 6.07) is 10.0. The van der Waals surface area contributed by atoms with E-state index in [2.05, 4.69) is 21.7 Å². The van der Waals surface area contributed by atoms with E-state index in [-0.39, 0.29) is 16.8 Å². The molecule has 3 rings (SSSR count). The van der Waals surface area contributed by atoms with Crippen LogP contribution < -0.4 is 0 Å². The molecule has 0 unspecified atom stereocenters. The van der Waals surface area contributed by atoms with Gasteiger partial charge in [-0.15, -0.1) is 0 Å². The molecule has 1 aromatic heterocycles. The molecule has 0 saturated carbocycles. The molecule has 166 valence electrons. The monoisotopic (exact) mass is 432 g/mol. The molecule has 0 spiro atoms. The molecule has 1 saturated heterocycles. The molecule has 2 heterocycles. The second-order valence-corrected chi connectivity index (χ2v) is 10.6. The van der Waals surface area contributed by atoms with Crippen molar-refractivity contribution in [1.82, 2.24) is 19.4 Å². The first-order valence-corrected chi connectivity index (χ1v) is 12.8. The van der Waals surface area contributed by atoms with Crippen molar-refractivity contribution in [2.24, 2.45) is 5.92 Å². The zero-order valence-electron chi connectivity index (χ0n) is 18.6. The Bertz CT molecular complexity index is 887. The fourth-order valence-corrected chi connectivity index (χ4v) is 5.84. The molecule has 1 aromatic carbocycles. The summed E-state index contributed by atoms with van der Waals surface area (Å²) in [5.41, 5.74) is 2.04. The molecule has 0 amide bonds. The first-order valence-electron chi connectivity index (χ1n) is 11.1. The van der Waals surface area contributed by atoms with Crippen LogP contribution in [0.4, 0.5) is 0 Å². The van der Waals surface area contributed by atoms with Gasteiger partial charge in [0.15, 0.2) is 0 Å². The highest BCUT2D eigenvalue weighted by Gasteiger charge is 2.25. The Morgan fingerprint density at radius 3 is 2.47 bits per heavy atom. The van der Waals surface area contributed by atoms with Crippen molar-refractivity contribution in [3.8, 4) is 0 Å². The largest absolute Gasteiger partial charge is 0.313 e. The molecule has 2 aromatic rings. The van der Waals surface area contributed by atoms with E-state index >= 15 is 0 Å². The fraction of sp³-hybridized carbons (Fsp3) is 0.609. The van der Waals surface area contributed by atoms with Gasteiger partial charge in [0.1, 0.15) is 0 Å². The molecule has 0 radical (unpaired) electrons. The quantitative estimate of drug-likeness (QED) is 0.545. The van der Waals surface area contributed by atoms with Gasteiger partial charge in [0.25, 0.3) is 0 Å². The van der Waals surface area contributed by atoms with Crippen LogP contribution in [0.15, 0.2) is 41.7 Å². The average Bonchev–Trinajstić information content (AvgIpc) is 3.35. The Hall–Kier alpha value is -1.70. The molecule has 0 atom stereocenters. The minimum Gasteiger partial charge on any atom is -0.313 e. The van der Waals surface area contributed by atoms with E-state index in [1.165, 1.54) is 25.9 Å². The Balaban J connectivity index is 1.83. The number of rotatable bonds is 11. The maximum absolute atomic E-state index is 13.0. The number of sulfone groups is 1. The smallest absolute Gasteiger partial charge is 0.228 e. The number of nitrogens with zero attached hydrogens (tertiary/aromatic N) is 4. The van der Waals surface area contributed by atoms with Gasteiger partial charge in [0.05, 0.1) is 24.2 Å². The van der Waals surface area contributed by atoms with E-state index in [9.17, 15) is 8.42 Å². The van der Waals surface area contributed by atoms with Gasteiger partial charge in [-0.3, -0.25) is 4.90 Å². The summed E-state index contributed by atoms with van der Waals surface area (Å²) < 4.78 is 27.9. The zero-order chi connectivity index (χ0) is 21.6. The Kier molecular flexibility index (Phi) is 8.08. The highest BCUT2D eigenvalue weighted by Crippen LogP contribution is 2.19. The van der Waals surface area contributed by atoms with Gasteiger partial charge >= 0.3 is 0 Å². The third kappa shape index (κ3) is 6.15. The lowest BCUT2D eigenvalue weighted by atomic mass is 10.2. The minimum atomic E-state index is -3.43. The van der Waals surface area contributed by atoms with Crippen molar-refractivity contribution in [1.29, 1.82) is 0 Å². The molecule has 1 aliphatic rings. The molecule has 0 bridgehead atoms. The summed E-state index contributed by atoms with van der Waals surface area (Å²) in [6.07, 6.45) is 4.36. The van der Waals surface area contributed by atoms with E-state index in [4.69, 9.17) is 0 Å². The molecule has 1 aliphatic heterocycles. The van der Waals surface area contributed by atoms with Crippen LogP contribution in [0.25, 0.3) is 0 Å². The number of likely N-dealkylation sites (N-methyl/N-ethyl adjacent to an activating group) is 1. The van der Waals surface area contributed by atoms with Gasteiger partial charge in [-0.05, 0) is 44.0 Å². The Morgan fingerprint density at radius 1 is 1.13 bits per heavy atom. The normalized spacial score (nSPS) is 15.5. The highest BCUT2D eigenvalue weighted by atomic mass is 32.2. The predicted octanol–water partition coefficient (Wildman–Crippen LogP) is 3.28. The molecule has 30 heavy (non-hydrogen) atoms. The van der Waals surface area contributed by atoms with Crippen LogP contribution >= 0.6 is 0 Å². The number of benzene rings is 1. The molecule has 0 aliphatic carbocycles. The average molecular weight is 433 g/mol. The van der Waals surface area contributed by atoms with Crippen LogP contribution in [-0.4, -0.2) is 66.2 Å². The molecule has 6 nitrogen and oxygen atoms in total. The lowest BCUT2D eigenvalue weighted by molar-refractivity contribution is 0.223. The number of aromatic nitrogens is 2. The van der Waals surface area contributed by atoms with Gasteiger partial charge < -0.3 is 9.47 Å². The maximum Gasteiger partial charge on any atom is 0.228 e. The van der Waals surface area contributed by atoms with E-state index < -0.39 is 9.84 Å². The zero-order valence-corrected chi connectivity index (χ0v) is 19.4. The highest BCUT2D eigenvalue weighted by molar-refractivity contribution is 7.91. The van der Waals surface area contributed by atoms with Gasteiger partial charge in [-0.25, -0.2) is 13.4 Å². The topological polar surface area (TPSA) is 58.4 Å². The minimum absolute atomic E-state index is 0.0629. The summed E-state index contributed by atoms with van der Waals surface area (Å²) in [5, 5.41) is 0.200. The number of hydrogen-bond acceptors (Lipinski definition) is 5. The van der Waals surface area contributed by atoms with Gasteiger partial charge in [-0.1, -0.05) is 51.1 Å². The second-order valence-electron chi connectivity index (χ2n) is 8.70. The number of imidazole rings is 1. The summed E-state index contributed by atoms with van der Waals surface area (Å²) in [5.74, 6) is 0.179. The lowest BCUT2D eigenvalue weighted by Gasteiger charge is -2.24. The summed E-state index contributed by atoms with van der Waals surface area (Å²) in [6.45, 7) is 12.6. The standard InChI is InChI=1S/C23H36N4O2S/c1-4-25(14-15-26-12-8-9-13-26)18-22-16-24-23(30(28,29)19-20(2)3)27(22)17-21-10-6-5-7-11-21/h5-7,10-11,16,20H,4,8-9,12-15,17-19H2,1-3H3. The third-order valence-corrected chi connectivity index (χ3v) is 7.67. The summed E-state index contributed by atoms with van der Waals surface area (Å²) in [7, 11) is -3.43. The molecule has 1 fully saturated rings. The van der Waals surface area contributed by atoms with E-state index in [0.717, 1.165) is 30.9 Å². The molecule has 7 heteroatoms. The summed E-state index contributed by atoms with van der Waals surface area (Å²) in [4.78, 5) is 9.30. The second kappa shape index (κ2) is 10.6. The third-order valence-electron chi connectivity index (χ3n) is 5.68. The van der Waals surface area contributed by atoms with Crippen molar-refractivity contribution in [2.75, 3.05) is 38.5 Å². The Labute approximate surface area is 181 Å². The molecular weight excluding hydrogens is 396 g/mol. The van der Waals surface area contributed by atoms with Crippen LogP contribution in [0.3, 0.4) is 0 Å².